The third kappa shape index (κ3) is 1.64. The monoisotopic (exact) mass is 212 g/mol. The molecule has 2 rings (SSSR count). The highest BCUT2D eigenvalue weighted by atomic mass is 32.2. The Kier molecular flexibility index (Phi) is 2.50. The number of hydrogen-bond donors (Lipinski definition) is 0. The number of rotatable bonds is 2. The van der Waals surface area contributed by atoms with E-state index in [4.69, 9.17) is 4.74 Å². The van der Waals surface area contributed by atoms with Crippen molar-refractivity contribution in [1.82, 2.24) is 9.55 Å². The number of carbonyl (C=O) groups is 1. The van der Waals surface area contributed by atoms with Crippen LogP contribution in [0.25, 0.3) is 0 Å². The Hall–Kier alpha value is -0.970. The van der Waals surface area contributed by atoms with Crippen LogP contribution in [-0.4, -0.2) is 21.3 Å². The zero-order valence-corrected chi connectivity index (χ0v) is 9.06. The molecular formula is C9H12N2O2S. The van der Waals surface area contributed by atoms with Crippen molar-refractivity contribution in [2.24, 2.45) is 0 Å². The van der Waals surface area contributed by atoms with Crippen molar-refractivity contribution in [2.45, 2.75) is 32.2 Å². The molecule has 0 N–H and O–H groups in total. The summed E-state index contributed by atoms with van der Waals surface area (Å²) in [6, 6.07) is 0. The zero-order valence-electron chi connectivity index (χ0n) is 8.24. The predicted octanol–water partition coefficient (Wildman–Crippen LogP) is 1.36. The standard InChI is InChI=1S/C9H12N2O2S/c1-6-8(5-13-7(2)12)11-3-4-14-9(11)10-6/h3-5H2,1-2H3. The number of esters is 1. The molecule has 2 heterocycles. The average molecular weight is 212 g/mol. The Morgan fingerprint density at radius 1 is 1.71 bits per heavy atom. The third-order valence-corrected chi connectivity index (χ3v) is 3.15. The normalized spacial score (nSPS) is 14.1. The van der Waals surface area contributed by atoms with E-state index < -0.39 is 0 Å². The van der Waals surface area contributed by atoms with E-state index in [0.717, 1.165) is 28.8 Å². The number of ether oxygens (including phenoxy) is 1. The van der Waals surface area contributed by atoms with E-state index in [1.807, 2.05) is 6.92 Å². The Morgan fingerprint density at radius 3 is 3.21 bits per heavy atom. The van der Waals surface area contributed by atoms with Crippen LogP contribution in [0.5, 0.6) is 0 Å². The number of aryl methyl sites for hydroxylation is 1. The fourth-order valence-corrected chi connectivity index (χ4v) is 2.52. The molecule has 0 unspecified atom stereocenters. The average Bonchev–Trinajstić information content (AvgIpc) is 2.61. The molecule has 76 valence electrons. The van der Waals surface area contributed by atoms with Gasteiger partial charge in [-0.3, -0.25) is 4.79 Å². The van der Waals surface area contributed by atoms with E-state index in [1.54, 1.807) is 11.8 Å². The summed E-state index contributed by atoms with van der Waals surface area (Å²) < 4.78 is 7.11. The van der Waals surface area contributed by atoms with Gasteiger partial charge >= 0.3 is 5.97 Å². The summed E-state index contributed by atoms with van der Waals surface area (Å²) >= 11 is 1.75. The van der Waals surface area contributed by atoms with Crippen molar-refractivity contribution in [2.75, 3.05) is 5.75 Å². The lowest BCUT2D eigenvalue weighted by Gasteiger charge is -2.05. The molecule has 0 bridgehead atoms. The van der Waals surface area contributed by atoms with Crippen LogP contribution >= 0.6 is 11.8 Å². The van der Waals surface area contributed by atoms with Crippen LogP contribution in [0.4, 0.5) is 0 Å². The number of carbonyl (C=O) groups excluding carboxylic acids is 1. The topological polar surface area (TPSA) is 44.1 Å². The van der Waals surface area contributed by atoms with Gasteiger partial charge in [-0.2, -0.15) is 0 Å². The first-order chi connectivity index (χ1) is 6.68. The molecule has 0 saturated heterocycles. The second-order valence-electron chi connectivity index (χ2n) is 3.21. The zero-order chi connectivity index (χ0) is 10.1. The molecule has 0 amide bonds. The van der Waals surface area contributed by atoms with Gasteiger partial charge in [-0.1, -0.05) is 11.8 Å². The van der Waals surface area contributed by atoms with Gasteiger partial charge in [0.2, 0.25) is 0 Å². The Bertz CT molecular complexity index is 373. The smallest absolute Gasteiger partial charge is 0.303 e. The molecule has 14 heavy (non-hydrogen) atoms. The highest BCUT2D eigenvalue weighted by Crippen LogP contribution is 2.28. The van der Waals surface area contributed by atoms with Crippen LogP contribution in [0.1, 0.15) is 18.3 Å². The maximum absolute atomic E-state index is 10.7. The highest BCUT2D eigenvalue weighted by Gasteiger charge is 2.19. The fraction of sp³-hybridized carbons (Fsp3) is 0.556. The fourth-order valence-electron chi connectivity index (χ4n) is 1.50. The molecule has 0 aromatic carbocycles. The second kappa shape index (κ2) is 3.65. The summed E-state index contributed by atoms with van der Waals surface area (Å²) in [5.74, 6) is 0.820. The Morgan fingerprint density at radius 2 is 2.50 bits per heavy atom. The van der Waals surface area contributed by atoms with Crippen LogP contribution in [0.3, 0.4) is 0 Å². The van der Waals surface area contributed by atoms with Gasteiger partial charge in [0, 0.05) is 19.2 Å². The Balaban J connectivity index is 2.20. The van der Waals surface area contributed by atoms with Gasteiger partial charge in [-0.05, 0) is 6.92 Å². The molecule has 1 aromatic heterocycles. The molecule has 0 radical (unpaired) electrons. The van der Waals surface area contributed by atoms with E-state index in [2.05, 4.69) is 9.55 Å². The quantitative estimate of drug-likeness (QED) is 0.694. The second-order valence-corrected chi connectivity index (χ2v) is 4.27. The number of thioether (sulfide) groups is 1. The highest BCUT2D eigenvalue weighted by molar-refractivity contribution is 7.99. The molecule has 1 aliphatic heterocycles. The summed E-state index contributed by atoms with van der Waals surface area (Å²) in [4.78, 5) is 15.1. The molecule has 0 atom stereocenters. The lowest BCUT2D eigenvalue weighted by molar-refractivity contribution is -0.142. The lowest BCUT2D eigenvalue weighted by atomic mass is 10.3. The van der Waals surface area contributed by atoms with E-state index in [-0.39, 0.29) is 5.97 Å². The van der Waals surface area contributed by atoms with Crippen molar-refractivity contribution in [3.05, 3.63) is 11.4 Å². The maximum Gasteiger partial charge on any atom is 0.303 e. The number of nitrogens with zero attached hydrogens (tertiary/aromatic N) is 2. The molecule has 1 aromatic rings. The molecule has 0 aliphatic carbocycles. The van der Waals surface area contributed by atoms with Crippen molar-refractivity contribution in [3.8, 4) is 0 Å². The van der Waals surface area contributed by atoms with E-state index in [0.29, 0.717) is 6.61 Å². The van der Waals surface area contributed by atoms with Gasteiger partial charge in [-0.25, -0.2) is 4.98 Å². The molecular weight excluding hydrogens is 200 g/mol. The molecule has 1 aliphatic rings. The lowest BCUT2D eigenvalue weighted by Crippen LogP contribution is -2.06. The summed E-state index contributed by atoms with van der Waals surface area (Å²) in [6.45, 7) is 4.68. The Labute approximate surface area is 86.7 Å². The van der Waals surface area contributed by atoms with E-state index in [1.165, 1.54) is 6.92 Å². The number of fused-ring (bicyclic) bond motifs is 1. The molecule has 0 spiro atoms. The van der Waals surface area contributed by atoms with Crippen LogP contribution in [0.15, 0.2) is 5.16 Å². The summed E-state index contributed by atoms with van der Waals surface area (Å²) in [6.07, 6.45) is 0. The molecule has 4 nitrogen and oxygen atoms in total. The number of aromatic nitrogens is 2. The third-order valence-electron chi connectivity index (χ3n) is 2.20. The SMILES string of the molecule is CC(=O)OCc1c(C)nc2n1CCS2. The number of imidazole rings is 1. The van der Waals surface area contributed by atoms with Gasteiger partial charge < -0.3 is 9.30 Å². The van der Waals surface area contributed by atoms with Gasteiger partial charge in [0.15, 0.2) is 5.16 Å². The van der Waals surface area contributed by atoms with Crippen LogP contribution in [-0.2, 0) is 22.7 Å². The van der Waals surface area contributed by atoms with Crippen LogP contribution in [0, 0.1) is 6.92 Å². The number of hydrogen-bond acceptors (Lipinski definition) is 4. The maximum atomic E-state index is 10.7. The summed E-state index contributed by atoms with van der Waals surface area (Å²) in [5.41, 5.74) is 1.99. The van der Waals surface area contributed by atoms with E-state index >= 15 is 0 Å². The van der Waals surface area contributed by atoms with Crippen LogP contribution < -0.4 is 0 Å². The molecule has 0 fully saturated rings. The van der Waals surface area contributed by atoms with Crippen LogP contribution in [0.2, 0.25) is 0 Å². The van der Waals surface area contributed by atoms with Crippen molar-refractivity contribution in [3.63, 3.8) is 0 Å². The van der Waals surface area contributed by atoms with Crippen molar-refractivity contribution >= 4 is 17.7 Å². The van der Waals surface area contributed by atoms with Crippen molar-refractivity contribution < 1.29 is 9.53 Å². The minimum atomic E-state index is -0.245. The summed E-state index contributed by atoms with van der Waals surface area (Å²) in [7, 11) is 0. The predicted molar refractivity (Wildman–Crippen MR) is 53.2 cm³/mol. The first-order valence-corrected chi connectivity index (χ1v) is 5.49. The van der Waals surface area contributed by atoms with Gasteiger partial charge in [0.1, 0.15) is 6.61 Å². The van der Waals surface area contributed by atoms with Gasteiger partial charge in [-0.15, -0.1) is 0 Å². The first-order valence-electron chi connectivity index (χ1n) is 4.50. The van der Waals surface area contributed by atoms with E-state index in [9.17, 15) is 4.79 Å². The minimum Gasteiger partial charge on any atom is -0.459 e. The van der Waals surface area contributed by atoms with Gasteiger partial charge in [0.25, 0.3) is 0 Å². The summed E-state index contributed by atoms with van der Waals surface area (Å²) in [5, 5.41) is 1.05. The largest absolute Gasteiger partial charge is 0.459 e. The molecule has 5 heteroatoms. The minimum absolute atomic E-state index is 0.245. The first kappa shape index (κ1) is 9.58. The molecule has 0 saturated carbocycles. The van der Waals surface area contributed by atoms with Crippen molar-refractivity contribution in [1.29, 1.82) is 0 Å². The van der Waals surface area contributed by atoms with Gasteiger partial charge in [0.05, 0.1) is 11.4 Å².